The largest absolute Gasteiger partial charge is 0.358 e. The lowest BCUT2D eigenvalue weighted by atomic mass is 10.1. The van der Waals surface area contributed by atoms with Gasteiger partial charge in [0.1, 0.15) is 0 Å². The minimum absolute atomic E-state index is 0.634. The maximum Gasteiger partial charge on any atom is 0.171 e. The molecule has 3 aromatic rings. The van der Waals surface area contributed by atoms with Gasteiger partial charge in [0.15, 0.2) is 5.11 Å². The van der Waals surface area contributed by atoms with Gasteiger partial charge in [-0.1, -0.05) is 54.6 Å². The van der Waals surface area contributed by atoms with Crippen molar-refractivity contribution in [2.75, 3.05) is 5.32 Å². The lowest BCUT2D eigenvalue weighted by molar-refractivity contribution is 0.928. The zero-order valence-electron chi connectivity index (χ0n) is 11.5. The minimum Gasteiger partial charge on any atom is -0.358 e. The smallest absolute Gasteiger partial charge is 0.171 e. The van der Waals surface area contributed by atoms with E-state index in [9.17, 15) is 0 Å². The summed E-state index contributed by atoms with van der Waals surface area (Å²) in [6.07, 6.45) is 0. The van der Waals surface area contributed by atoms with E-state index in [1.807, 2.05) is 30.3 Å². The van der Waals surface area contributed by atoms with E-state index in [0.717, 1.165) is 5.69 Å². The number of anilines is 1. The van der Waals surface area contributed by atoms with Crippen LogP contribution in [0.4, 0.5) is 5.69 Å². The number of fused-ring (bicyclic) bond motifs is 1. The Kier molecular flexibility index (Phi) is 4.12. The molecule has 2 N–H and O–H groups in total. The highest BCUT2D eigenvalue weighted by Crippen LogP contribution is 2.15. The van der Waals surface area contributed by atoms with Crippen molar-refractivity contribution in [3.8, 4) is 0 Å². The van der Waals surface area contributed by atoms with Gasteiger partial charge in [-0.3, -0.25) is 0 Å². The van der Waals surface area contributed by atoms with E-state index in [0.29, 0.717) is 11.7 Å². The Bertz CT molecular complexity index is 753. The molecule has 0 bridgehead atoms. The van der Waals surface area contributed by atoms with Crippen LogP contribution < -0.4 is 10.6 Å². The van der Waals surface area contributed by atoms with E-state index >= 15 is 0 Å². The molecule has 3 heteroatoms. The third kappa shape index (κ3) is 3.58. The molecule has 0 amide bonds. The van der Waals surface area contributed by atoms with Crippen molar-refractivity contribution in [2.24, 2.45) is 0 Å². The molecule has 0 saturated carbocycles. The van der Waals surface area contributed by atoms with Crippen LogP contribution in [0.15, 0.2) is 72.8 Å². The van der Waals surface area contributed by atoms with Crippen molar-refractivity contribution in [3.63, 3.8) is 0 Å². The van der Waals surface area contributed by atoms with E-state index < -0.39 is 0 Å². The summed E-state index contributed by atoms with van der Waals surface area (Å²) in [7, 11) is 0. The van der Waals surface area contributed by atoms with Crippen molar-refractivity contribution in [1.82, 2.24) is 5.32 Å². The van der Waals surface area contributed by atoms with Crippen molar-refractivity contribution in [1.29, 1.82) is 0 Å². The highest BCUT2D eigenvalue weighted by molar-refractivity contribution is 7.80. The van der Waals surface area contributed by atoms with Crippen LogP contribution in [0.3, 0.4) is 0 Å². The van der Waals surface area contributed by atoms with Gasteiger partial charge in [0.05, 0.1) is 0 Å². The van der Waals surface area contributed by atoms with Gasteiger partial charge >= 0.3 is 0 Å². The quantitative estimate of drug-likeness (QED) is 0.703. The van der Waals surface area contributed by atoms with E-state index in [2.05, 4.69) is 53.1 Å². The Morgan fingerprint density at radius 2 is 1.52 bits per heavy atom. The predicted octanol–water partition coefficient (Wildman–Crippen LogP) is 4.33. The molecule has 0 aliphatic heterocycles. The van der Waals surface area contributed by atoms with Crippen molar-refractivity contribution in [3.05, 3.63) is 78.4 Å². The Balaban J connectivity index is 1.62. The summed E-state index contributed by atoms with van der Waals surface area (Å²) in [5.74, 6) is 0. The van der Waals surface area contributed by atoms with Gasteiger partial charge in [-0.25, -0.2) is 0 Å². The van der Waals surface area contributed by atoms with Gasteiger partial charge in [-0.15, -0.1) is 0 Å². The molecular weight excluding hydrogens is 276 g/mol. The standard InChI is InChI=1S/C18H16N2S/c21-18(20-17-8-2-1-3-9-17)19-13-14-10-11-15-6-4-5-7-16(15)12-14/h1-12H,13H2,(H2,19,20,21). The molecule has 0 heterocycles. The van der Waals surface area contributed by atoms with Crippen LogP contribution in [0.25, 0.3) is 10.8 Å². The fourth-order valence-electron chi connectivity index (χ4n) is 2.23. The predicted molar refractivity (Wildman–Crippen MR) is 93.5 cm³/mol. The molecule has 0 aliphatic rings. The Hall–Kier alpha value is -2.39. The van der Waals surface area contributed by atoms with Crippen LogP contribution in [-0.2, 0) is 6.54 Å². The maximum atomic E-state index is 5.31. The molecule has 0 unspecified atom stereocenters. The first kappa shape index (κ1) is 13.6. The first-order valence-corrected chi connectivity index (χ1v) is 7.30. The summed E-state index contributed by atoms with van der Waals surface area (Å²) in [5, 5.41) is 9.54. The minimum atomic E-state index is 0.634. The number of nitrogens with one attached hydrogen (secondary N) is 2. The third-order valence-corrected chi connectivity index (χ3v) is 3.55. The topological polar surface area (TPSA) is 24.1 Å². The van der Waals surface area contributed by atoms with Crippen molar-refractivity contribution in [2.45, 2.75) is 6.54 Å². The van der Waals surface area contributed by atoms with Gasteiger partial charge in [-0.2, -0.15) is 0 Å². The number of para-hydroxylation sites is 1. The molecule has 0 atom stereocenters. The first-order valence-electron chi connectivity index (χ1n) is 6.89. The molecule has 0 aliphatic carbocycles. The van der Waals surface area contributed by atoms with Crippen LogP contribution in [0.5, 0.6) is 0 Å². The summed E-state index contributed by atoms with van der Waals surface area (Å²) in [5.41, 5.74) is 2.21. The second-order valence-electron chi connectivity index (χ2n) is 4.86. The van der Waals surface area contributed by atoms with Crippen LogP contribution in [0.2, 0.25) is 0 Å². The molecule has 104 valence electrons. The number of benzene rings is 3. The maximum absolute atomic E-state index is 5.31. The zero-order chi connectivity index (χ0) is 14.5. The lowest BCUT2D eigenvalue weighted by Gasteiger charge is -2.11. The summed E-state index contributed by atoms with van der Waals surface area (Å²) < 4.78 is 0. The molecule has 0 spiro atoms. The van der Waals surface area contributed by atoms with Gasteiger partial charge in [0, 0.05) is 12.2 Å². The summed E-state index contributed by atoms with van der Waals surface area (Å²) in [6, 6.07) is 24.7. The molecule has 3 aromatic carbocycles. The zero-order valence-corrected chi connectivity index (χ0v) is 12.4. The average molecular weight is 292 g/mol. The Morgan fingerprint density at radius 1 is 0.810 bits per heavy atom. The van der Waals surface area contributed by atoms with Crippen LogP contribution >= 0.6 is 12.2 Å². The average Bonchev–Trinajstić information content (AvgIpc) is 2.54. The molecule has 3 rings (SSSR count). The van der Waals surface area contributed by atoms with Gasteiger partial charge in [-0.05, 0) is 46.8 Å². The fraction of sp³-hybridized carbons (Fsp3) is 0.0556. The molecule has 0 radical (unpaired) electrons. The second kappa shape index (κ2) is 6.37. The van der Waals surface area contributed by atoms with E-state index in [1.165, 1.54) is 16.3 Å². The van der Waals surface area contributed by atoms with Crippen LogP contribution in [-0.4, -0.2) is 5.11 Å². The van der Waals surface area contributed by atoms with Crippen molar-refractivity contribution >= 4 is 33.8 Å². The summed E-state index contributed by atoms with van der Waals surface area (Å²) in [6.45, 7) is 0.712. The molecule has 21 heavy (non-hydrogen) atoms. The Morgan fingerprint density at radius 3 is 2.33 bits per heavy atom. The van der Waals surface area contributed by atoms with Gasteiger partial charge in [0.25, 0.3) is 0 Å². The number of hydrogen-bond donors (Lipinski definition) is 2. The van der Waals surface area contributed by atoms with Crippen LogP contribution in [0, 0.1) is 0 Å². The van der Waals surface area contributed by atoms with Gasteiger partial charge in [0.2, 0.25) is 0 Å². The SMILES string of the molecule is S=C(NCc1ccc2ccccc2c1)Nc1ccccc1. The number of thiocarbonyl (C=S) groups is 1. The first-order chi connectivity index (χ1) is 10.3. The van der Waals surface area contributed by atoms with E-state index in [1.54, 1.807) is 0 Å². The Labute approximate surface area is 129 Å². The molecule has 0 saturated heterocycles. The molecular formula is C18H16N2S. The highest BCUT2D eigenvalue weighted by atomic mass is 32.1. The fourth-order valence-corrected chi connectivity index (χ4v) is 2.42. The van der Waals surface area contributed by atoms with Gasteiger partial charge < -0.3 is 10.6 Å². The van der Waals surface area contributed by atoms with E-state index in [4.69, 9.17) is 12.2 Å². The molecule has 0 aromatic heterocycles. The molecule has 2 nitrogen and oxygen atoms in total. The summed E-state index contributed by atoms with van der Waals surface area (Å²) >= 11 is 5.31. The number of hydrogen-bond acceptors (Lipinski definition) is 1. The summed E-state index contributed by atoms with van der Waals surface area (Å²) in [4.78, 5) is 0. The third-order valence-electron chi connectivity index (χ3n) is 3.30. The van der Waals surface area contributed by atoms with E-state index in [-0.39, 0.29) is 0 Å². The highest BCUT2D eigenvalue weighted by Gasteiger charge is 1.99. The molecule has 0 fully saturated rings. The monoisotopic (exact) mass is 292 g/mol. The lowest BCUT2D eigenvalue weighted by Crippen LogP contribution is -2.27. The number of rotatable bonds is 3. The normalized spacial score (nSPS) is 10.3. The second-order valence-corrected chi connectivity index (χ2v) is 5.26. The van der Waals surface area contributed by atoms with Crippen LogP contribution in [0.1, 0.15) is 5.56 Å². The van der Waals surface area contributed by atoms with Crippen molar-refractivity contribution < 1.29 is 0 Å².